The minimum absolute atomic E-state index is 0.185. The molecule has 1 fully saturated rings. The highest BCUT2D eigenvalue weighted by atomic mass is 16.7. The van der Waals surface area contributed by atoms with Crippen molar-refractivity contribution in [3.63, 3.8) is 0 Å². The zero-order valence-electron chi connectivity index (χ0n) is 25.8. The first-order valence-electron chi connectivity index (χ1n) is 16.4. The van der Waals surface area contributed by atoms with E-state index in [0.717, 1.165) is 38.5 Å². The third-order valence-corrected chi connectivity index (χ3v) is 7.86. The molecule has 1 saturated heterocycles. The van der Waals surface area contributed by atoms with Crippen LogP contribution in [0, 0.1) is 0 Å². The van der Waals surface area contributed by atoms with Crippen LogP contribution in [-0.4, -0.2) is 87.5 Å². The predicted molar refractivity (Wildman–Crippen MR) is 161 cm³/mol. The molecule has 1 aliphatic rings. The molecule has 6 N–H and O–H groups in total. The maximum absolute atomic E-state index is 12.7. The van der Waals surface area contributed by atoms with Crippen LogP contribution >= 0.6 is 0 Å². The monoisotopic (exact) mass is 587 g/mol. The third-order valence-electron chi connectivity index (χ3n) is 7.86. The minimum Gasteiger partial charge on any atom is -0.394 e. The molecule has 1 aliphatic heterocycles. The number of carbonyl (C=O) groups excluding carboxylic acids is 1. The van der Waals surface area contributed by atoms with Gasteiger partial charge in [-0.15, -0.1) is 0 Å². The molecule has 9 nitrogen and oxygen atoms in total. The molecule has 0 aromatic rings. The van der Waals surface area contributed by atoms with E-state index in [-0.39, 0.29) is 12.5 Å². The number of allylic oxidation sites excluding steroid dienone is 1. The van der Waals surface area contributed by atoms with Gasteiger partial charge in [0.1, 0.15) is 24.4 Å². The van der Waals surface area contributed by atoms with Gasteiger partial charge in [-0.05, 0) is 19.3 Å². The van der Waals surface area contributed by atoms with Crippen LogP contribution in [-0.2, 0) is 14.3 Å². The molecular formula is C32H61NO8. The fourth-order valence-electron chi connectivity index (χ4n) is 5.09. The molecule has 1 amide bonds. The van der Waals surface area contributed by atoms with Crippen molar-refractivity contribution in [3.8, 4) is 0 Å². The van der Waals surface area contributed by atoms with Crippen molar-refractivity contribution in [2.75, 3.05) is 13.2 Å². The Labute approximate surface area is 248 Å². The molecular weight excluding hydrogens is 526 g/mol. The summed E-state index contributed by atoms with van der Waals surface area (Å²) in [5.74, 6) is -0.186. The van der Waals surface area contributed by atoms with E-state index in [1.807, 2.05) is 6.08 Å². The van der Waals surface area contributed by atoms with E-state index in [4.69, 9.17) is 9.47 Å². The minimum atomic E-state index is -1.56. The number of ether oxygens (including phenoxy) is 2. The highest BCUT2D eigenvalue weighted by molar-refractivity contribution is 5.76. The zero-order chi connectivity index (χ0) is 30.3. The Balaban J connectivity index is 2.56. The van der Waals surface area contributed by atoms with Crippen LogP contribution in [0.1, 0.15) is 129 Å². The molecule has 0 aromatic heterocycles. The van der Waals surface area contributed by atoms with Gasteiger partial charge in [-0.25, -0.2) is 0 Å². The van der Waals surface area contributed by atoms with Crippen molar-refractivity contribution in [1.29, 1.82) is 0 Å². The van der Waals surface area contributed by atoms with Crippen LogP contribution < -0.4 is 5.32 Å². The summed E-state index contributed by atoms with van der Waals surface area (Å²) in [7, 11) is 0. The van der Waals surface area contributed by atoms with Crippen LogP contribution in [0.25, 0.3) is 0 Å². The molecule has 7 unspecified atom stereocenters. The van der Waals surface area contributed by atoms with Crippen LogP contribution in [0.2, 0.25) is 0 Å². The molecule has 0 aromatic carbocycles. The van der Waals surface area contributed by atoms with Gasteiger partial charge >= 0.3 is 0 Å². The van der Waals surface area contributed by atoms with E-state index in [0.29, 0.717) is 6.42 Å². The van der Waals surface area contributed by atoms with Gasteiger partial charge in [0.2, 0.25) is 5.91 Å². The van der Waals surface area contributed by atoms with E-state index in [1.54, 1.807) is 6.08 Å². The topological polar surface area (TPSA) is 149 Å². The van der Waals surface area contributed by atoms with Gasteiger partial charge in [0, 0.05) is 6.42 Å². The zero-order valence-corrected chi connectivity index (χ0v) is 25.8. The lowest BCUT2D eigenvalue weighted by molar-refractivity contribution is -0.302. The van der Waals surface area contributed by atoms with Crippen molar-refractivity contribution in [2.24, 2.45) is 0 Å². The Hall–Kier alpha value is -1.07. The van der Waals surface area contributed by atoms with Gasteiger partial charge in [-0.1, -0.05) is 116 Å². The fourth-order valence-corrected chi connectivity index (χ4v) is 5.09. The normalized spacial score (nSPS) is 24.5. The summed E-state index contributed by atoms with van der Waals surface area (Å²) in [5.41, 5.74) is 0. The van der Waals surface area contributed by atoms with E-state index >= 15 is 0 Å². The maximum Gasteiger partial charge on any atom is 0.220 e. The van der Waals surface area contributed by atoms with Crippen LogP contribution in [0.4, 0.5) is 0 Å². The Kier molecular flexibility index (Phi) is 22.6. The summed E-state index contributed by atoms with van der Waals surface area (Å²) in [6.07, 6.45) is 15.6. The molecule has 41 heavy (non-hydrogen) atoms. The van der Waals surface area contributed by atoms with Gasteiger partial charge in [0.05, 0.1) is 25.4 Å². The smallest absolute Gasteiger partial charge is 0.220 e. The molecule has 0 spiro atoms. The number of aliphatic hydroxyl groups excluding tert-OH is 5. The molecule has 1 heterocycles. The second kappa shape index (κ2) is 24.4. The Bertz CT molecular complexity index is 662. The van der Waals surface area contributed by atoms with E-state index in [2.05, 4.69) is 19.2 Å². The average molecular weight is 588 g/mol. The molecule has 0 radical (unpaired) electrons. The molecule has 242 valence electrons. The molecule has 1 rings (SSSR count). The Morgan fingerprint density at radius 1 is 0.805 bits per heavy atom. The first-order chi connectivity index (χ1) is 19.8. The third kappa shape index (κ3) is 17.0. The van der Waals surface area contributed by atoms with Gasteiger partial charge < -0.3 is 40.3 Å². The van der Waals surface area contributed by atoms with Crippen molar-refractivity contribution >= 4 is 5.91 Å². The first-order valence-corrected chi connectivity index (χ1v) is 16.4. The summed E-state index contributed by atoms with van der Waals surface area (Å²) in [5, 5.41) is 53.5. The molecule has 7 atom stereocenters. The summed E-state index contributed by atoms with van der Waals surface area (Å²) in [4.78, 5) is 12.7. The summed E-state index contributed by atoms with van der Waals surface area (Å²) in [6.45, 7) is 3.67. The van der Waals surface area contributed by atoms with E-state index < -0.39 is 49.5 Å². The van der Waals surface area contributed by atoms with Crippen molar-refractivity contribution in [1.82, 2.24) is 5.32 Å². The Morgan fingerprint density at radius 2 is 1.34 bits per heavy atom. The SMILES string of the molecule is CCCCCCCCCC/C=C/C(O)C(COC1OC(CO)C(O)C(O)C1O)NC(=O)CCCCCCCCCC. The van der Waals surface area contributed by atoms with Crippen LogP contribution in [0.3, 0.4) is 0 Å². The van der Waals surface area contributed by atoms with Crippen molar-refractivity contribution in [3.05, 3.63) is 12.2 Å². The summed E-state index contributed by atoms with van der Waals surface area (Å²) in [6, 6.07) is -0.793. The number of nitrogens with one attached hydrogen (secondary N) is 1. The van der Waals surface area contributed by atoms with Crippen molar-refractivity contribution in [2.45, 2.75) is 172 Å². The molecule has 0 aliphatic carbocycles. The lowest BCUT2D eigenvalue weighted by Gasteiger charge is -2.40. The Morgan fingerprint density at radius 3 is 1.90 bits per heavy atom. The quantitative estimate of drug-likeness (QED) is 0.0685. The van der Waals surface area contributed by atoms with Gasteiger partial charge in [0.15, 0.2) is 6.29 Å². The van der Waals surface area contributed by atoms with Gasteiger partial charge in [0.25, 0.3) is 0 Å². The van der Waals surface area contributed by atoms with Crippen LogP contribution in [0.5, 0.6) is 0 Å². The molecule has 0 bridgehead atoms. The average Bonchev–Trinajstić information content (AvgIpc) is 2.97. The molecule has 9 heteroatoms. The number of aliphatic hydroxyl groups is 5. The number of hydrogen-bond donors (Lipinski definition) is 6. The van der Waals surface area contributed by atoms with Gasteiger partial charge in [-0.3, -0.25) is 4.79 Å². The lowest BCUT2D eigenvalue weighted by Crippen LogP contribution is -2.60. The largest absolute Gasteiger partial charge is 0.394 e. The van der Waals surface area contributed by atoms with Crippen LogP contribution in [0.15, 0.2) is 12.2 Å². The second-order valence-electron chi connectivity index (χ2n) is 11.6. The number of hydrogen-bond acceptors (Lipinski definition) is 8. The summed E-state index contributed by atoms with van der Waals surface area (Å²) >= 11 is 0. The fraction of sp³-hybridized carbons (Fsp3) is 0.906. The highest BCUT2D eigenvalue weighted by Gasteiger charge is 2.44. The number of amides is 1. The standard InChI is InChI=1S/C32H61NO8/c1-3-5-7-9-11-13-14-15-17-19-21-26(35)25(33-28(36)22-20-18-16-12-10-8-6-4-2)24-40-32-31(39)30(38)29(37)27(23-34)41-32/h19,21,25-27,29-32,34-35,37-39H,3-18,20,22-24H2,1-2H3,(H,33,36)/b21-19+. The second-order valence-corrected chi connectivity index (χ2v) is 11.6. The number of unbranched alkanes of at least 4 members (excludes halogenated alkanes) is 15. The highest BCUT2D eigenvalue weighted by Crippen LogP contribution is 2.22. The van der Waals surface area contributed by atoms with E-state index in [1.165, 1.54) is 70.6 Å². The predicted octanol–water partition coefficient (Wildman–Crippen LogP) is 4.27. The van der Waals surface area contributed by atoms with Gasteiger partial charge in [-0.2, -0.15) is 0 Å². The first kappa shape index (κ1) is 38.0. The number of rotatable bonds is 25. The lowest BCUT2D eigenvalue weighted by atomic mass is 9.99. The number of carbonyl (C=O) groups is 1. The molecule has 0 saturated carbocycles. The maximum atomic E-state index is 12.7. The summed E-state index contributed by atoms with van der Waals surface area (Å²) < 4.78 is 11.1. The van der Waals surface area contributed by atoms with E-state index in [9.17, 15) is 30.3 Å². The van der Waals surface area contributed by atoms with Crippen molar-refractivity contribution < 1.29 is 39.8 Å².